The lowest BCUT2D eigenvalue weighted by Gasteiger charge is -2.37. The summed E-state index contributed by atoms with van der Waals surface area (Å²) < 4.78 is 13.0. The van der Waals surface area contributed by atoms with Gasteiger partial charge in [-0.15, -0.1) is 0 Å². The lowest BCUT2D eigenvalue weighted by molar-refractivity contribution is 0.331. The highest BCUT2D eigenvalue weighted by molar-refractivity contribution is 6.60. The van der Waals surface area contributed by atoms with Crippen LogP contribution in [0.25, 0.3) is 0 Å². The van der Waals surface area contributed by atoms with Crippen LogP contribution in [0.5, 0.6) is 0 Å². The minimum atomic E-state index is -0.441. The van der Waals surface area contributed by atoms with E-state index in [1.165, 1.54) is 63.4 Å². The molecule has 2 aliphatic rings. The van der Waals surface area contributed by atoms with Crippen molar-refractivity contribution in [3.8, 4) is 0 Å². The van der Waals surface area contributed by atoms with Crippen LogP contribution in [0.3, 0.4) is 0 Å². The maximum atomic E-state index is 13.0. The number of hydrogen-bond acceptors (Lipinski definition) is 0. The third-order valence-corrected chi connectivity index (χ3v) is 11.6. The van der Waals surface area contributed by atoms with Crippen LogP contribution in [0.2, 0.25) is 17.6 Å². The molecular weight excluding hydrogens is 335 g/mol. The Labute approximate surface area is 162 Å². The number of halogens is 1. The fourth-order valence-corrected chi connectivity index (χ4v) is 9.96. The van der Waals surface area contributed by atoms with Gasteiger partial charge < -0.3 is 0 Å². The van der Waals surface area contributed by atoms with Gasteiger partial charge in [-0.1, -0.05) is 95.4 Å². The van der Waals surface area contributed by atoms with Gasteiger partial charge in [-0.05, 0) is 47.9 Å². The summed E-state index contributed by atoms with van der Waals surface area (Å²) in [4.78, 5) is 0. The van der Waals surface area contributed by atoms with Crippen molar-refractivity contribution in [2.24, 2.45) is 11.8 Å². The molecule has 26 heavy (non-hydrogen) atoms. The molecule has 0 spiro atoms. The standard InChI is InChI=1S/C24H39FSi/c1-2-3-4-5-20-16-18-26(19-17-20)24-14-10-22(11-15-24)7-6-21-8-12-23(25)13-9-21/h8-9,12-13,20,22,24,26H,2-7,10-11,14-19H2,1H3/t20-,22-,24-,26-. The third-order valence-electron chi connectivity index (χ3n) is 7.42. The molecule has 1 aliphatic heterocycles. The Balaban J connectivity index is 1.32. The fourth-order valence-electron chi connectivity index (χ4n) is 5.60. The van der Waals surface area contributed by atoms with E-state index >= 15 is 0 Å². The highest BCUT2D eigenvalue weighted by Gasteiger charge is 2.31. The molecule has 1 heterocycles. The summed E-state index contributed by atoms with van der Waals surface area (Å²) in [6.45, 7) is 2.32. The maximum absolute atomic E-state index is 13.0. The smallest absolute Gasteiger partial charge is 0.123 e. The van der Waals surface area contributed by atoms with Crippen LogP contribution in [-0.4, -0.2) is 8.80 Å². The van der Waals surface area contributed by atoms with Gasteiger partial charge in [0.15, 0.2) is 0 Å². The first kappa shape index (κ1) is 20.1. The van der Waals surface area contributed by atoms with Gasteiger partial charge in [0.25, 0.3) is 0 Å². The second-order valence-corrected chi connectivity index (χ2v) is 12.8. The van der Waals surface area contributed by atoms with Gasteiger partial charge in [0.05, 0.1) is 0 Å². The Morgan fingerprint density at radius 3 is 2.15 bits per heavy atom. The van der Waals surface area contributed by atoms with Crippen molar-refractivity contribution in [1.29, 1.82) is 0 Å². The summed E-state index contributed by atoms with van der Waals surface area (Å²) in [5, 5.41) is 0. The Bertz CT molecular complexity index is 495. The quantitative estimate of drug-likeness (QED) is 0.326. The molecule has 1 aromatic rings. The van der Waals surface area contributed by atoms with E-state index in [1.54, 1.807) is 37.1 Å². The van der Waals surface area contributed by atoms with E-state index in [1.807, 2.05) is 12.1 Å². The van der Waals surface area contributed by atoms with Crippen molar-refractivity contribution in [1.82, 2.24) is 0 Å². The van der Waals surface area contributed by atoms with Gasteiger partial charge in [0, 0.05) is 8.80 Å². The summed E-state index contributed by atoms with van der Waals surface area (Å²) >= 11 is 0. The molecule has 0 aromatic heterocycles. The predicted molar refractivity (Wildman–Crippen MR) is 114 cm³/mol. The van der Waals surface area contributed by atoms with Crippen LogP contribution in [0, 0.1) is 17.7 Å². The Hall–Kier alpha value is -0.633. The van der Waals surface area contributed by atoms with Gasteiger partial charge in [-0.2, -0.15) is 0 Å². The number of unbranched alkanes of at least 4 members (excludes halogenated alkanes) is 2. The van der Waals surface area contributed by atoms with E-state index in [2.05, 4.69) is 6.92 Å². The van der Waals surface area contributed by atoms with Crippen LogP contribution >= 0.6 is 0 Å². The molecule has 0 N–H and O–H groups in total. The van der Waals surface area contributed by atoms with Gasteiger partial charge in [-0.3, -0.25) is 0 Å². The molecular formula is C24H39FSi. The molecule has 1 aliphatic carbocycles. The largest absolute Gasteiger partial charge is 0.207 e. The molecule has 0 unspecified atom stereocenters. The molecule has 146 valence electrons. The summed E-state index contributed by atoms with van der Waals surface area (Å²) in [6.07, 6.45) is 17.4. The molecule has 0 atom stereocenters. The lowest BCUT2D eigenvalue weighted by Crippen LogP contribution is -2.29. The zero-order valence-corrected chi connectivity index (χ0v) is 18.1. The van der Waals surface area contributed by atoms with Crippen molar-refractivity contribution in [2.75, 3.05) is 0 Å². The highest BCUT2D eigenvalue weighted by atomic mass is 28.3. The molecule has 1 saturated heterocycles. The number of aryl methyl sites for hydroxylation is 1. The Morgan fingerprint density at radius 2 is 1.50 bits per heavy atom. The van der Waals surface area contributed by atoms with E-state index in [4.69, 9.17) is 0 Å². The van der Waals surface area contributed by atoms with E-state index < -0.39 is 8.80 Å². The van der Waals surface area contributed by atoms with E-state index in [0.29, 0.717) is 0 Å². The first-order valence-corrected chi connectivity index (χ1v) is 13.8. The molecule has 0 radical (unpaired) electrons. The minimum absolute atomic E-state index is 0.112. The summed E-state index contributed by atoms with van der Waals surface area (Å²) in [5.74, 6) is 1.90. The maximum Gasteiger partial charge on any atom is 0.123 e. The van der Waals surface area contributed by atoms with Crippen molar-refractivity contribution in [2.45, 2.75) is 102 Å². The number of hydrogen-bond donors (Lipinski definition) is 0. The normalized spacial score (nSPS) is 29.6. The number of rotatable bonds is 8. The second kappa shape index (κ2) is 10.6. The summed E-state index contributed by atoms with van der Waals surface area (Å²) in [7, 11) is -0.441. The Kier molecular flexibility index (Phi) is 8.23. The number of benzene rings is 1. The van der Waals surface area contributed by atoms with E-state index in [9.17, 15) is 4.39 Å². The van der Waals surface area contributed by atoms with Crippen LogP contribution in [0.15, 0.2) is 24.3 Å². The van der Waals surface area contributed by atoms with Gasteiger partial charge in [0.1, 0.15) is 5.82 Å². The first-order valence-electron chi connectivity index (χ1n) is 11.5. The van der Waals surface area contributed by atoms with Crippen LogP contribution < -0.4 is 0 Å². The van der Waals surface area contributed by atoms with E-state index in [0.717, 1.165) is 23.8 Å². The summed E-state index contributed by atoms with van der Waals surface area (Å²) in [5.41, 5.74) is 2.47. The third kappa shape index (κ3) is 6.22. The molecule has 0 amide bonds. The average Bonchev–Trinajstić information content (AvgIpc) is 2.69. The molecule has 3 rings (SSSR count). The van der Waals surface area contributed by atoms with Crippen LogP contribution in [-0.2, 0) is 6.42 Å². The average molecular weight is 375 g/mol. The van der Waals surface area contributed by atoms with Gasteiger partial charge in [-0.25, -0.2) is 4.39 Å². The Morgan fingerprint density at radius 1 is 0.846 bits per heavy atom. The molecule has 2 fully saturated rings. The van der Waals surface area contributed by atoms with Gasteiger partial charge in [0.2, 0.25) is 0 Å². The minimum Gasteiger partial charge on any atom is -0.207 e. The van der Waals surface area contributed by atoms with Crippen molar-refractivity contribution >= 4 is 8.80 Å². The fraction of sp³-hybridized carbons (Fsp3) is 0.750. The molecule has 0 bridgehead atoms. The molecule has 0 nitrogen and oxygen atoms in total. The summed E-state index contributed by atoms with van der Waals surface area (Å²) in [6, 6.07) is 10.5. The zero-order valence-electron chi connectivity index (χ0n) is 16.9. The van der Waals surface area contributed by atoms with Gasteiger partial charge >= 0.3 is 0 Å². The van der Waals surface area contributed by atoms with Crippen LogP contribution in [0.4, 0.5) is 4.39 Å². The van der Waals surface area contributed by atoms with Crippen molar-refractivity contribution in [3.63, 3.8) is 0 Å². The molecule has 2 heteroatoms. The lowest BCUT2D eigenvalue weighted by atomic mass is 9.85. The van der Waals surface area contributed by atoms with Crippen LogP contribution in [0.1, 0.15) is 83.1 Å². The predicted octanol–water partition coefficient (Wildman–Crippen LogP) is 7.54. The zero-order chi connectivity index (χ0) is 18.2. The highest BCUT2D eigenvalue weighted by Crippen LogP contribution is 2.42. The van der Waals surface area contributed by atoms with E-state index in [-0.39, 0.29) is 5.82 Å². The molecule has 1 saturated carbocycles. The topological polar surface area (TPSA) is 0 Å². The van der Waals surface area contributed by atoms with Crippen molar-refractivity contribution < 1.29 is 4.39 Å². The monoisotopic (exact) mass is 374 g/mol. The first-order chi connectivity index (χ1) is 12.7. The SMILES string of the molecule is CCCCC[C@H]1CC[Si@H]([C@H]2CC[C@H](CCc3ccc(F)cc3)CC2)CC1. The second-order valence-electron chi connectivity index (χ2n) is 9.22. The van der Waals surface area contributed by atoms with Crippen molar-refractivity contribution in [3.05, 3.63) is 35.6 Å². The molecule has 1 aromatic carbocycles.